The van der Waals surface area contributed by atoms with Crippen LogP contribution in [0, 0.1) is 5.41 Å². The number of benzene rings is 2. The molecule has 1 aliphatic carbocycles. The number of anilines is 1. The predicted molar refractivity (Wildman–Crippen MR) is 99.5 cm³/mol. The molecule has 2 unspecified atom stereocenters. The van der Waals surface area contributed by atoms with Crippen LogP contribution in [0.4, 0.5) is 18.9 Å². The summed E-state index contributed by atoms with van der Waals surface area (Å²) in [6, 6.07) is 11.1. The van der Waals surface area contributed by atoms with E-state index in [0.717, 1.165) is 12.1 Å². The van der Waals surface area contributed by atoms with Crippen molar-refractivity contribution in [1.82, 2.24) is 0 Å². The number of nitrogens with one attached hydrogen (secondary N) is 1. The summed E-state index contributed by atoms with van der Waals surface area (Å²) in [6.45, 7) is 1.72. The highest BCUT2D eigenvalue weighted by Gasteiger charge is 2.67. The molecule has 3 rings (SSSR count). The number of amides is 1. The second-order valence-electron chi connectivity index (χ2n) is 6.75. The molecule has 1 fully saturated rings. The fraction of sp³-hybridized carbons (Fsp3) is 0.333. The summed E-state index contributed by atoms with van der Waals surface area (Å²) < 4.78 is 48.5. The number of carbonyl (C=O) groups excluding carboxylic acids is 2. The molecule has 0 radical (unpaired) electrons. The Morgan fingerprint density at radius 1 is 1.10 bits per heavy atom. The van der Waals surface area contributed by atoms with Crippen molar-refractivity contribution in [3.63, 3.8) is 0 Å². The van der Waals surface area contributed by atoms with Gasteiger partial charge < -0.3 is 14.8 Å². The Bertz CT molecular complexity index is 894. The van der Waals surface area contributed by atoms with Crippen molar-refractivity contribution in [2.75, 3.05) is 19.0 Å². The van der Waals surface area contributed by atoms with Gasteiger partial charge in [-0.3, -0.25) is 9.59 Å². The van der Waals surface area contributed by atoms with Gasteiger partial charge in [0.2, 0.25) is 5.91 Å². The predicted octanol–water partition coefficient (Wildman–Crippen LogP) is 4.39. The molecule has 1 saturated carbocycles. The standard InChI is InChI=1S/C21H20F3NO4/c1-3-29-19(27)20(18(26)25-15-8-10-16(28-2)11-9-15)12-17(20)13-4-6-14(7-5-13)21(22,23)24/h4-11,17H,3,12H2,1-2H3,(H,25,26). The van der Waals surface area contributed by atoms with Crippen molar-refractivity contribution in [2.24, 2.45) is 5.41 Å². The molecule has 0 aliphatic heterocycles. The molecule has 0 aromatic heterocycles. The maximum atomic E-state index is 13.0. The molecule has 1 N–H and O–H groups in total. The molecule has 2 atom stereocenters. The van der Waals surface area contributed by atoms with Gasteiger partial charge >= 0.3 is 12.1 Å². The third-order valence-corrected chi connectivity index (χ3v) is 4.99. The summed E-state index contributed by atoms with van der Waals surface area (Å²) in [5, 5.41) is 2.70. The second kappa shape index (κ2) is 7.77. The van der Waals surface area contributed by atoms with Gasteiger partial charge in [0, 0.05) is 11.6 Å². The van der Waals surface area contributed by atoms with Crippen molar-refractivity contribution in [2.45, 2.75) is 25.4 Å². The molecule has 0 heterocycles. The molecule has 0 spiro atoms. The van der Waals surface area contributed by atoms with E-state index < -0.39 is 34.9 Å². The highest BCUT2D eigenvalue weighted by molar-refractivity contribution is 6.13. The zero-order chi connectivity index (χ0) is 21.2. The van der Waals surface area contributed by atoms with Gasteiger partial charge in [0.15, 0.2) is 5.41 Å². The Balaban J connectivity index is 1.84. The Morgan fingerprint density at radius 2 is 1.72 bits per heavy atom. The monoisotopic (exact) mass is 407 g/mol. The van der Waals surface area contributed by atoms with Crippen LogP contribution >= 0.6 is 0 Å². The van der Waals surface area contributed by atoms with Crippen LogP contribution in [0.1, 0.15) is 30.4 Å². The lowest BCUT2D eigenvalue weighted by atomic mass is 9.97. The van der Waals surface area contributed by atoms with E-state index in [9.17, 15) is 22.8 Å². The number of carbonyl (C=O) groups is 2. The van der Waals surface area contributed by atoms with Crippen LogP contribution in [0.15, 0.2) is 48.5 Å². The average Bonchev–Trinajstić information content (AvgIpc) is 3.45. The summed E-state index contributed by atoms with van der Waals surface area (Å²) >= 11 is 0. The fourth-order valence-electron chi connectivity index (χ4n) is 3.32. The van der Waals surface area contributed by atoms with Gasteiger partial charge in [-0.2, -0.15) is 13.2 Å². The number of rotatable bonds is 6. The normalized spacial score (nSPS) is 20.7. The average molecular weight is 407 g/mol. The van der Waals surface area contributed by atoms with E-state index in [1.165, 1.54) is 19.2 Å². The lowest BCUT2D eigenvalue weighted by molar-refractivity contribution is -0.153. The smallest absolute Gasteiger partial charge is 0.416 e. The quantitative estimate of drug-likeness (QED) is 0.570. The third-order valence-electron chi connectivity index (χ3n) is 4.99. The molecule has 1 amide bonds. The maximum absolute atomic E-state index is 13.0. The number of hydrogen-bond donors (Lipinski definition) is 1. The topological polar surface area (TPSA) is 64.6 Å². The van der Waals surface area contributed by atoms with Crippen molar-refractivity contribution >= 4 is 17.6 Å². The van der Waals surface area contributed by atoms with Crippen LogP contribution < -0.4 is 10.1 Å². The van der Waals surface area contributed by atoms with Gasteiger partial charge in [-0.05, 0) is 55.3 Å². The van der Waals surface area contributed by atoms with Gasteiger partial charge in [-0.1, -0.05) is 12.1 Å². The molecule has 8 heteroatoms. The Morgan fingerprint density at radius 3 is 2.24 bits per heavy atom. The van der Waals surface area contributed by atoms with E-state index >= 15 is 0 Å². The molecule has 154 valence electrons. The van der Waals surface area contributed by atoms with Crippen LogP contribution in [0.2, 0.25) is 0 Å². The lowest BCUT2D eigenvalue weighted by Gasteiger charge is -2.17. The Kier molecular flexibility index (Phi) is 5.55. The first-order valence-electron chi connectivity index (χ1n) is 9.02. The first-order chi connectivity index (χ1) is 13.7. The summed E-state index contributed by atoms with van der Waals surface area (Å²) in [5.74, 6) is -1.18. The van der Waals surface area contributed by atoms with Gasteiger partial charge in [0.05, 0.1) is 19.3 Å². The van der Waals surface area contributed by atoms with Crippen molar-refractivity contribution < 1.29 is 32.2 Å². The molecule has 2 aromatic rings. The number of ether oxygens (including phenoxy) is 2. The summed E-state index contributed by atoms with van der Waals surface area (Å²) in [4.78, 5) is 25.5. The number of hydrogen-bond acceptors (Lipinski definition) is 4. The largest absolute Gasteiger partial charge is 0.497 e. The zero-order valence-corrected chi connectivity index (χ0v) is 15.9. The summed E-state index contributed by atoms with van der Waals surface area (Å²) in [6.07, 6.45) is -4.29. The SMILES string of the molecule is CCOC(=O)C1(C(=O)Nc2ccc(OC)cc2)CC1c1ccc(C(F)(F)F)cc1. The first kappa shape index (κ1) is 20.7. The number of esters is 1. The van der Waals surface area contributed by atoms with Crippen LogP contribution in [0.5, 0.6) is 5.75 Å². The van der Waals surface area contributed by atoms with Gasteiger partial charge in [-0.25, -0.2) is 0 Å². The number of alkyl halides is 3. The molecule has 2 aromatic carbocycles. The zero-order valence-electron chi connectivity index (χ0n) is 15.9. The molecule has 1 aliphatic rings. The first-order valence-corrected chi connectivity index (χ1v) is 9.02. The van der Waals surface area contributed by atoms with Crippen LogP contribution in [-0.2, 0) is 20.5 Å². The molecular formula is C21H20F3NO4. The van der Waals surface area contributed by atoms with Crippen molar-refractivity contribution in [3.8, 4) is 5.75 Å². The van der Waals surface area contributed by atoms with Crippen LogP contribution in [0.3, 0.4) is 0 Å². The highest BCUT2D eigenvalue weighted by Crippen LogP contribution is 2.60. The minimum atomic E-state index is -4.45. The Hall–Kier alpha value is -3.03. The van der Waals surface area contributed by atoms with E-state index in [2.05, 4.69) is 5.32 Å². The molecular weight excluding hydrogens is 387 g/mol. The molecule has 29 heavy (non-hydrogen) atoms. The van der Waals surface area contributed by atoms with Gasteiger partial charge in [-0.15, -0.1) is 0 Å². The number of halogens is 3. The Labute approximate surface area is 165 Å². The van der Waals surface area contributed by atoms with Crippen molar-refractivity contribution in [3.05, 3.63) is 59.7 Å². The maximum Gasteiger partial charge on any atom is 0.416 e. The fourth-order valence-corrected chi connectivity index (χ4v) is 3.32. The van der Waals surface area contributed by atoms with Gasteiger partial charge in [0.1, 0.15) is 5.75 Å². The van der Waals surface area contributed by atoms with Crippen LogP contribution in [0.25, 0.3) is 0 Å². The van der Waals surface area contributed by atoms with E-state index in [4.69, 9.17) is 9.47 Å². The summed E-state index contributed by atoms with van der Waals surface area (Å²) in [5.41, 5.74) is -1.30. The van der Waals surface area contributed by atoms with Crippen molar-refractivity contribution in [1.29, 1.82) is 0 Å². The summed E-state index contributed by atoms with van der Waals surface area (Å²) in [7, 11) is 1.52. The minimum absolute atomic E-state index is 0.0934. The highest BCUT2D eigenvalue weighted by atomic mass is 19.4. The van der Waals surface area contributed by atoms with Crippen LogP contribution in [-0.4, -0.2) is 25.6 Å². The molecule has 0 bridgehead atoms. The number of methoxy groups -OCH3 is 1. The molecule has 5 nitrogen and oxygen atoms in total. The third kappa shape index (κ3) is 4.06. The minimum Gasteiger partial charge on any atom is -0.497 e. The second-order valence-corrected chi connectivity index (χ2v) is 6.75. The van der Waals surface area contributed by atoms with E-state index in [0.29, 0.717) is 17.0 Å². The lowest BCUT2D eigenvalue weighted by Crippen LogP contribution is -2.34. The van der Waals surface area contributed by atoms with E-state index in [1.807, 2.05) is 0 Å². The van der Waals surface area contributed by atoms with Gasteiger partial charge in [0.25, 0.3) is 0 Å². The molecule has 0 saturated heterocycles. The van der Waals surface area contributed by atoms with E-state index in [-0.39, 0.29) is 13.0 Å². The van der Waals surface area contributed by atoms with E-state index in [1.54, 1.807) is 31.2 Å².